The van der Waals surface area contributed by atoms with Gasteiger partial charge in [-0.3, -0.25) is 4.99 Å². The zero-order chi connectivity index (χ0) is 18.8. The van der Waals surface area contributed by atoms with E-state index in [4.69, 9.17) is 4.99 Å². The van der Waals surface area contributed by atoms with Crippen molar-refractivity contribution in [1.29, 1.82) is 0 Å². The zero-order valence-electron chi connectivity index (χ0n) is 16.7. The summed E-state index contributed by atoms with van der Waals surface area (Å²) in [4.78, 5) is 4.80. The van der Waals surface area contributed by atoms with Crippen LogP contribution in [0.5, 0.6) is 0 Å². The van der Waals surface area contributed by atoms with Gasteiger partial charge in [0.2, 0.25) is 0 Å². The van der Waals surface area contributed by atoms with Crippen LogP contribution < -0.4 is 0 Å². The van der Waals surface area contributed by atoms with Crippen LogP contribution in [0.1, 0.15) is 90.7 Å². The molecule has 0 heterocycles. The van der Waals surface area contributed by atoms with Gasteiger partial charge in [-0.25, -0.2) is 4.39 Å². The molecule has 0 amide bonds. The van der Waals surface area contributed by atoms with E-state index < -0.39 is 0 Å². The fraction of sp³-hybridized carbons (Fsp3) is 0.522. The maximum absolute atomic E-state index is 14.2. The number of rotatable bonds is 10. The third kappa shape index (κ3) is 7.37. The number of nitrogens with zero attached hydrogens (tertiary/aromatic N) is 1. The van der Waals surface area contributed by atoms with E-state index in [0.29, 0.717) is 5.56 Å². The van der Waals surface area contributed by atoms with Gasteiger partial charge in [0, 0.05) is 17.0 Å². The van der Waals surface area contributed by atoms with E-state index in [2.05, 4.69) is 27.4 Å². The molecule has 0 unspecified atom stereocenters. The molecule has 1 aromatic carbocycles. The van der Waals surface area contributed by atoms with Crippen LogP contribution in [-0.2, 0) is 0 Å². The number of halogens is 1. The van der Waals surface area contributed by atoms with Crippen LogP contribution >= 0.6 is 0 Å². The van der Waals surface area contributed by atoms with Gasteiger partial charge in [0.05, 0.1) is 0 Å². The van der Waals surface area contributed by atoms with E-state index >= 15 is 0 Å². The van der Waals surface area contributed by atoms with Gasteiger partial charge < -0.3 is 0 Å². The third-order valence-corrected chi connectivity index (χ3v) is 4.49. The summed E-state index contributed by atoms with van der Waals surface area (Å²) in [6.07, 6.45) is 8.68. The molecule has 0 atom stereocenters. The second-order valence-electron chi connectivity index (χ2n) is 7.14. The first kappa shape index (κ1) is 21.3. The van der Waals surface area contributed by atoms with E-state index in [1.165, 1.54) is 44.1 Å². The van der Waals surface area contributed by atoms with Gasteiger partial charge in [0.25, 0.3) is 0 Å². The Labute approximate surface area is 153 Å². The summed E-state index contributed by atoms with van der Waals surface area (Å²) in [5.41, 5.74) is 5.40. The normalized spacial score (nSPS) is 11.5. The average molecular weight is 344 g/mol. The molecule has 1 aromatic rings. The molecule has 2 heteroatoms. The molecular weight excluding hydrogens is 309 g/mol. The van der Waals surface area contributed by atoms with Gasteiger partial charge in [0.15, 0.2) is 0 Å². The molecule has 0 fully saturated rings. The summed E-state index contributed by atoms with van der Waals surface area (Å²) in [5.74, 6) is -0.228. The minimum absolute atomic E-state index is 0.228. The molecule has 0 saturated carbocycles. The second kappa shape index (κ2) is 11.0. The van der Waals surface area contributed by atoms with Crippen molar-refractivity contribution < 1.29 is 4.39 Å². The first-order valence-electron chi connectivity index (χ1n) is 9.54. The Hall–Kier alpha value is -1.70. The number of benzene rings is 1. The van der Waals surface area contributed by atoms with Gasteiger partial charge in [-0.1, -0.05) is 63.3 Å². The number of unbranched alkanes of at least 4 members (excludes halogenated alkanes) is 5. The molecule has 1 nitrogen and oxygen atoms in total. The van der Waals surface area contributed by atoms with Crippen LogP contribution in [-0.4, -0.2) is 5.71 Å². The maximum Gasteiger partial charge on any atom is 0.131 e. The smallest absolute Gasteiger partial charge is 0.131 e. The van der Waals surface area contributed by atoms with Crippen molar-refractivity contribution >= 4 is 11.3 Å². The highest BCUT2D eigenvalue weighted by molar-refractivity contribution is 5.99. The SMILES string of the molecule is C=C(C)c1ccc(/C(C)=N/C(CCCCCCCC)=C(C)C)cc1F. The van der Waals surface area contributed by atoms with Crippen molar-refractivity contribution in [1.82, 2.24) is 0 Å². The van der Waals surface area contributed by atoms with Crippen LogP contribution in [0.3, 0.4) is 0 Å². The third-order valence-electron chi connectivity index (χ3n) is 4.49. The molecule has 0 N–H and O–H groups in total. The molecule has 0 aliphatic heterocycles. The van der Waals surface area contributed by atoms with Gasteiger partial charge in [-0.15, -0.1) is 0 Å². The quantitative estimate of drug-likeness (QED) is 0.305. The topological polar surface area (TPSA) is 12.4 Å². The summed E-state index contributed by atoms with van der Waals surface area (Å²) in [6.45, 7) is 14.0. The van der Waals surface area contributed by atoms with Crippen molar-refractivity contribution in [2.45, 2.75) is 79.6 Å². The first-order chi connectivity index (χ1) is 11.9. The Bertz CT molecular complexity index is 633. The molecule has 0 spiro atoms. The Morgan fingerprint density at radius 1 is 1.00 bits per heavy atom. The number of aliphatic imine (C=N–C) groups is 1. The van der Waals surface area contributed by atoms with Crippen LogP contribution in [0.25, 0.3) is 5.57 Å². The van der Waals surface area contributed by atoms with Crippen molar-refractivity contribution in [2.24, 2.45) is 4.99 Å². The van der Waals surface area contributed by atoms with E-state index in [0.717, 1.165) is 29.0 Å². The molecule has 0 bridgehead atoms. The van der Waals surface area contributed by atoms with Gasteiger partial charge in [-0.2, -0.15) is 0 Å². The van der Waals surface area contributed by atoms with E-state index in [1.807, 2.05) is 19.9 Å². The molecule has 0 aliphatic carbocycles. The van der Waals surface area contributed by atoms with Crippen LogP contribution in [0.4, 0.5) is 4.39 Å². The molecule has 0 saturated heterocycles. The molecular formula is C23H34FN. The maximum atomic E-state index is 14.2. The predicted molar refractivity (Wildman–Crippen MR) is 110 cm³/mol. The monoisotopic (exact) mass is 343 g/mol. The summed E-state index contributed by atoms with van der Waals surface area (Å²) in [7, 11) is 0. The Morgan fingerprint density at radius 2 is 1.64 bits per heavy atom. The summed E-state index contributed by atoms with van der Waals surface area (Å²) in [6, 6.07) is 5.29. The number of hydrogen-bond donors (Lipinski definition) is 0. The lowest BCUT2D eigenvalue weighted by atomic mass is 10.0. The summed E-state index contributed by atoms with van der Waals surface area (Å²) >= 11 is 0. The molecule has 0 radical (unpaired) electrons. The van der Waals surface area contributed by atoms with Crippen LogP contribution in [0.15, 0.2) is 41.0 Å². The Balaban J connectivity index is 2.77. The molecule has 0 aromatic heterocycles. The molecule has 138 valence electrons. The lowest BCUT2D eigenvalue weighted by Gasteiger charge is -2.09. The minimum atomic E-state index is -0.228. The van der Waals surface area contributed by atoms with Gasteiger partial charge in [0.1, 0.15) is 5.82 Å². The van der Waals surface area contributed by atoms with Gasteiger partial charge in [-0.05, 0) is 57.7 Å². The first-order valence-corrected chi connectivity index (χ1v) is 9.54. The summed E-state index contributed by atoms with van der Waals surface area (Å²) < 4.78 is 14.2. The largest absolute Gasteiger partial charge is 0.258 e. The van der Waals surface area contributed by atoms with E-state index in [9.17, 15) is 4.39 Å². The lowest BCUT2D eigenvalue weighted by Crippen LogP contribution is -1.99. The number of allylic oxidation sites excluding steroid dienone is 3. The predicted octanol–water partition coefficient (Wildman–Crippen LogP) is 7.71. The summed E-state index contributed by atoms with van der Waals surface area (Å²) in [5, 5.41) is 0. The van der Waals surface area contributed by atoms with E-state index in [1.54, 1.807) is 12.1 Å². The van der Waals surface area contributed by atoms with Gasteiger partial charge >= 0.3 is 0 Å². The fourth-order valence-electron chi connectivity index (χ4n) is 2.84. The fourth-order valence-corrected chi connectivity index (χ4v) is 2.84. The zero-order valence-corrected chi connectivity index (χ0v) is 16.7. The van der Waals surface area contributed by atoms with Crippen molar-refractivity contribution in [2.75, 3.05) is 0 Å². The second-order valence-corrected chi connectivity index (χ2v) is 7.14. The van der Waals surface area contributed by atoms with Crippen molar-refractivity contribution in [3.05, 3.63) is 53.0 Å². The molecule has 1 rings (SSSR count). The highest BCUT2D eigenvalue weighted by Gasteiger charge is 2.07. The molecule has 0 aliphatic rings. The average Bonchev–Trinajstić information content (AvgIpc) is 2.56. The highest BCUT2D eigenvalue weighted by atomic mass is 19.1. The van der Waals surface area contributed by atoms with Crippen molar-refractivity contribution in [3.63, 3.8) is 0 Å². The van der Waals surface area contributed by atoms with E-state index in [-0.39, 0.29) is 5.82 Å². The molecule has 25 heavy (non-hydrogen) atoms. The van der Waals surface area contributed by atoms with Crippen molar-refractivity contribution in [3.8, 4) is 0 Å². The Kier molecular flexibility index (Phi) is 9.41. The Morgan fingerprint density at radius 3 is 2.20 bits per heavy atom. The van der Waals surface area contributed by atoms with Crippen LogP contribution in [0.2, 0.25) is 0 Å². The van der Waals surface area contributed by atoms with Crippen LogP contribution in [0, 0.1) is 5.82 Å². The standard InChI is InChI=1S/C23H34FN/c1-7-8-9-10-11-12-13-23(18(4)5)25-19(6)20-14-15-21(17(2)3)22(24)16-20/h14-16H,2,7-13H2,1,3-6H3/b25-19+. The minimum Gasteiger partial charge on any atom is -0.258 e. The lowest BCUT2D eigenvalue weighted by molar-refractivity contribution is 0.604. The number of hydrogen-bond acceptors (Lipinski definition) is 1. The highest BCUT2D eigenvalue weighted by Crippen LogP contribution is 2.20.